The molecule has 0 saturated heterocycles. The van der Waals surface area contributed by atoms with E-state index in [9.17, 15) is 0 Å². The summed E-state index contributed by atoms with van der Waals surface area (Å²) in [5, 5.41) is 0. The molecule has 0 unspecified atom stereocenters. The van der Waals surface area contributed by atoms with Gasteiger partial charge in [0.05, 0.1) is 0 Å². The van der Waals surface area contributed by atoms with Gasteiger partial charge in [-0.3, -0.25) is 0 Å². The van der Waals surface area contributed by atoms with Crippen LogP contribution in [0.1, 0.15) is 0 Å². The summed E-state index contributed by atoms with van der Waals surface area (Å²) in [6.45, 7) is 0. The molecule has 1 aliphatic rings. The van der Waals surface area contributed by atoms with Crippen LogP contribution in [0, 0.1) is 0 Å². The lowest BCUT2D eigenvalue weighted by atomic mass is 10.3. The molecule has 0 atom stereocenters. The van der Waals surface area contributed by atoms with E-state index in [1.807, 2.05) is 97.2 Å². The van der Waals surface area contributed by atoms with E-state index in [1.165, 1.54) is 0 Å². The molecule has 0 spiro atoms. The molecule has 0 heteroatoms. The van der Waals surface area contributed by atoms with Gasteiger partial charge in [-0.15, -0.1) is 0 Å². The van der Waals surface area contributed by atoms with Crippen molar-refractivity contribution in [1.82, 2.24) is 0 Å². The summed E-state index contributed by atoms with van der Waals surface area (Å²) in [6, 6.07) is 0. The SMILES string of the molecule is C1=C\C=C\C=C/C=C/C=C\C=C\C=C/C=C/1. The average Bonchev–Trinajstić information content (AvgIpc) is 2.29. The summed E-state index contributed by atoms with van der Waals surface area (Å²) in [7, 11) is 0. The van der Waals surface area contributed by atoms with Gasteiger partial charge in [-0.1, -0.05) is 97.2 Å². The molecule has 0 saturated carbocycles. The molecule has 0 radical (unpaired) electrons. The zero-order valence-corrected chi connectivity index (χ0v) is 9.24. The summed E-state index contributed by atoms with van der Waals surface area (Å²) in [6.07, 6.45) is 32.0. The quantitative estimate of drug-likeness (QED) is 0.551. The second-order valence-corrected chi connectivity index (χ2v) is 3.08. The standard InChI is InChI=1S/C16H16/c1-2-4-6-8-10-12-14-16-15-13-11-9-7-5-3-1/h1-16H/b2-1-,3-1?,4-2?,5-3+,6-4+,7-5?,8-6?,9-7-,10-8-,11-9?,12-10?,13-11+,14-12+,15-13?,16-14?,16-15-. The van der Waals surface area contributed by atoms with E-state index < -0.39 is 0 Å². The topological polar surface area (TPSA) is 0 Å². The zero-order chi connectivity index (χ0) is 11.3. The summed E-state index contributed by atoms with van der Waals surface area (Å²) in [5.41, 5.74) is 0. The van der Waals surface area contributed by atoms with Crippen LogP contribution in [-0.2, 0) is 0 Å². The maximum atomic E-state index is 2.00. The van der Waals surface area contributed by atoms with Crippen molar-refractivity contribution in [3.63, 3.8) is 0 Å². The first-order chi connectivity index (χ1) is 8.00. The zero-order valence-electron chi connectivity index (χ0n) is 9.24. The first kappa shape index (κ1) is 12.0. The molecule has 0 N–H and O–H groups in total. The van der Waals surface area contributed by atoms with Gasteiger partial charge in [0, 0.05) is 0 Å². The van der Waals surface area contributed by atoms with Crippen molar-refractivity contribution in [1.29, 1.82) is 0 Å². The Morgan fingerprint density at radius 1 is 0.125 bits per heavy atom. The van der Waals surface area contributed by atoms with Crippen molar-refractivity contribution in [3.05, 3.63) is 97.2 Å². The van der Waals surface area contributed by atoms with Crippen LogP contribution in [0.4, 0.5) is 0 Å². The lowest BCUT2D eigenvalue weighted by Gasteiger charge is -1.77. The second kappa shape index (κ2) is 9.47. The molecule has 1 aliphatic carbocycles. The predicted octanol–water partition coefficient (Wildman–Crippen LogP) is 4.45. The van der Waals surface area contributed by atoms with E-state index in [1.54, 1.807) is 0 Å². The molecule has 0 amide bonds. The first-order valence-electron chi connectivity index (χ1n) is 5.33. The van der Waals surface area contributed by atoms with Crippen molar-refractivity contribution in [2.24, 2.45) is 0 Å². The van der Waals surface area contributed by atoms with E-state index >= 15 is 0 Å². The highest BCUT2D eigenvalue weighted by molar-refractivity contribution is 5.23. The third-order valence-electron chi connectivity index (χ3n) is 1.78. The van der Waals surface area contributed by atoms with Gasteiger partial charge in [-0.25, -0.2) is 0 Å². The normalized spacial score (nSPS) is 32.0. The van der Waals surface area contributed by atoms with Crippen LogP contribution < -0.4 is 0 Å². The van der Waals surface area contributed by atoms with Crippen LogP contribution >= 0.6 is 0 Å². The van der Waals surface area contributed by atoms with Gasteiger partial charge >= 0.3 is 0 Å². The van der Waals surface area contributed by atoms with Crippen LogP contribution in [0.25, 0.3) is 0 Å². The summed E-state index contributed by atoms with van der Waals surface area (Å²) < 4.78 is 0. The minimum Gasteiger partial charge on any atom is -0.0623 e. The molecule has 0 bridgehead atoms. The van der Waals surface area contributed by atoms with E-state index in [0.29, 0.717) is 0 Å². The fourth-order valence-electron chi connectivity index (χ4n) is 1.03. The Labute approximate surface area is 97.7 Å². The Hall–Kier alpha value is -2.08. The monoisotopic (exact) mass is 208 g/mol. The van der Waals surface area contributed by atoms with E-state index in [-0.39, 0.29) is 0 Å². The largest absolute Gasteiger partial charge is 0.0623 e. The Bertz CT molecular complexity index is 242. The molecule has 0 aromatic rings. The lowest BCUT2D eigenvalue weighted by molar-refractivity contribution is 1.81. The highest BCUT2D eigenvalue weighted by Crippen LogP contribution is 1.88. The summed E-state index contributed by atoms with van der Waals surface area (Å²) in [5.74, 6) is 0. The molecule has 0 fully saturated rings. The lowest BCUT2D eigenvalue weighted by Crippen LogP contribution is -1.55. The Morgan fingerprint density at radius 3 is 0.250 bits per heavy atom. The van der Waals surface area contributed by atoms with Crippen molar-refractivity contribution in [2.45, 2.75) is 0 Å². The molecule has 80 valence electrons. The smallest absolute Gasteiger partial charge is 0.0623 e. The van der Waals surface area contributed by atoms with Crippen LogP contribution in [-0.4, -0.2) is 0 Å². The number of allylic oxidation sites excluding steroid dienone is 16. The van der Waals surface area contributed by atoms with Crippen molar-refractivity contribution in [2.75, 3.05) is 0 Å². The number of hydrogen-bond acceptors (Lipinski definition) is 0. The minimum atomic E-state index is 2.00. The van der Waals surface area contributed by atoms with Crippen LogP contribution in [0.5, 0.6) is 0 Å². The molecule has 0 heterocycles. The number of rotatable bonds is 0. The summed E-state index contributed by atoms with van der Waals surface area (Å²) in [4.78, 5) is 0. The fraction of sp³-hybridized carbons (Fsp3) is 0. The van der Waals surface area contributed by atoms with Crippen LogP contribution in [0.2, 0.25) is 0 Å². The predicted molar refractivity (Wildman–Crippen MR) is 73.1 cm³/mol. The first-order valence-corrected chi connectivity index (χ1v) is 5.33. The average molecular weight is 208 g/mol. The van der Waals surface area contributed by atoms with Crippen LogP contribution in [0.15, 0.2) is 97.2 Å². The van der Waals surface area contributed by atoms with Crippen molar-refractivity contribution >= 4 is 0 Å². The van der Waals surface area contributed by atoms with E-state index in [4.69, 9.17) is 0 Å². The third-order valence-corrected chi connectivity index (χ3v) is 1.78. The molecule has 16 heavy (non-hydrogen) atoms. The Kier molecular flexibility index (Phi) is 7.10. The number of hydrogen-bond donors (Lipinski definition) is 0. The van der Waals surface area contributed by atoms with E-state index in [0.717, 1.165) is 0 Å². The molecule has 0 nitrogen and oxygen atoms in total. The van der Waals surface area contributed by atoms with Gasteiger partial charge in [0.2, 0.25) is 0 Å². The molecular weight excluding hydrogens is 192 g/mol. The Morgan fingerprint density at radius 2 is 0.188 bits per heavy atom. The van der Waals surface area contributed by atoms with Gasteiger partial charge in [0.25, 0.3) is 0 Å². The fourth-order valence-corrected chi connectivity index (χ4v) is 1.03. The van der Waals surface area contributed by atoms with Gasteiger partial charge in [0.15, 0.2) is 0 Å². The highest BCUT2D eigenvalue weighted by atomic mass is 13.7. The van der Waals surface area contributed by atoms with E-state index in [2.05, 4.69) is 0 Å². The second-order valence-electron chi connectivity index (χ2n) is 3.08. The van der Waals surface area contributed by atoms with Crippen LogP contribution in [0.3, 0.4) is 0 Å². The maximum Gasteiger partial charge on any atom is -0.0623 e. The van der Waals surface area contributed by atoms with Gasteiger partial charge in [-0.2, -0.15) is 0 Å². The van der Waals surface area contributed by atoms with Crippen molar-refractivity contribution in [3.8, 4) is 0 Å². The molecule has 1 rings (SSSR count). The van der Waals surface area contributed by atoms with Gasteiger partial charge in [0.1, 0.15) is 0 Å². The highest BCUT2D eigenvalue weighted by Gasteiger charge is 1.66. The Balaban J connectivity index is 2.67. The molecule has 0 aromatic carbocycles. The van der Waals surface area contributed by atoms with Gasteiger partial charge in [-0.05, 0) is 0 Å². The van der Waals surface area contributed by atoms with Crippen molar-refractivity contribution < 1.29 is 0 Å². The molecular formula is C16H16. The maximum absolute atomic E-state index is 2.00. The molecule has 0 aliphatic heterocycles. The van der Waals surface area contributed by atoms with Gasteiger partial charge < -0.3 is 0 Å². The molecule has 0 aromatic heterocycles. The third kappa shape index (κ3) is 7.34. The summed E-state index contributed by atoms with van der Waals surface area (Å²) >= 11 is 0. The minimum absolute atomic E-state index is 2.00.